The van der Waals surface area contributed by atoms with Crippen molar-refractivity contribution in [2.45, 2.75) is 51.4 Å². The Labute approximate surface area is 182 Å². The molecule has 2 fully saturated rings. The number of hydrogen-bond acceptors (Lipinski definition) is 2. The summed E-state index contributed by atoms with van der Waals surface area (Å²) in [6.45, 7) is 5.69. The SMILES string of the molecule is Cc1c(-c2ccc(Cl)cc2F)c(C(=O)N2CCOC(C)(C)C2)n(C2CC2)c1C(F)(F)F. The Balaban J connectivity index is 1.97. The maximum absolute atomic E-state index is 14.9. The minimum atomic E-state index is -4.69. The Kier molecular flexibility index (Phi) is 5.37. The van der Waals surface area contributed by atoms with Gasteiger partial charge in [-0.2, -0.15) is 13.2 Å². The van der Waals surface area contributed by atoms with E-state index in [-0.39, 0.29) is 47.1 Å². The zero-order valence-electron chi connectivity index (χ0n) is 17.4. The minimum absolute atomic E-state index is 0.0253. The van der Waals surface area contributed by atoms with Crippen LogP contribution >= 0.6 is 11.6 Å². The molecule has 1 amide bonds. The number of amides is 1. The van der Waals surface area contributed by atoms with Crippen LogP contribution in [0.15, 0.2) is 18.2 Å². The first-order valence-corrected chi connectivity index (χ1v) is 10.5. The number of rotatable bonds is 3. The largest absolute Gasteiger partial charge is 0.431 e. The van der Waals surface area contributed by atoms with Crippen molar-refractivity contribution in [2.75, 3.05) is 19.7 Å². The second-order valence-corrected chi connectivity index (χ2v) is 9.19. The van der Waals surface area contributed by atoms with Crippen LogP contribution in [0.4, 0.5) is 17.6 Å². The van der Waals surface area contributed by atoms with Crippen LogP contribution in [0.25, 0.3) is 11.1 Å². The number of benzene rings is 1. The number of ether oxygens (including phenoxy) is 1. The lowest BCUT2D eigenvalue weighted by molar-refractivity contribution is -0.144. The molecule has 1 aromatic carbocycles. The highest BCUT2D eigenvalue weighted by Gasteiger charge is 2.46. The third kappa shape index (κ3) is 4.07. The lowest BCUT2D eigenvalue weighted by Gasteiger charge is -2.38. The first-order valence-electron chi connectivity index (χ1n) is 10.1. The smallest absolute Gasteiger partial charge is 0.372 e. The zero-order valence-corrected chi connectivity index (χ0v) is 18.2. The van der Waals surface area contributed by atoms with E-state index in [0.29, 0.717) is 12.8 Å². The van der Waals surface area contributed by atoms with Crippen molar-refractivity contribution in [3.05, 3.63) is 46.0 Å². The number of aromatic nitrogens is 1. The molecule has 1 aliphatic heterocycles. The van der Waals surface area contributed by atoms with E-state index in [4.69, 9.17) is 16.3 Å². The summed E-state index contributed by atoms with van der Waals surface area (Å²) in [5.74, 6) is -1.32. The van der Waals surface area contributed by atoms with Gasteiger partial charge in [0.1, 0.15) is 17.2 Å². The van der Waals surface area contributed by atoms with Gasteiger partial charge >= 0.3 is 6.18 Å². The standard InChI is InChI=1S/C22H23ClF4N2O2/c1-12-17(15-7-4-13(23)10-16(15)24)18(20(30)28-8-9-31-21(2,3)11-28)29(14-5-6-14)19(12)22(25,26)27/h4,7,10,14H,5-6,8-9,11H2,1-3H3. The van der Waals surface area contributed by atoms with Gasteiger partial charge in [0.05, 0.1) is 12.2 Å². The molecule has 0 N–H and O–H groups in total. The average molecular weight is 459 g/mol. The van der Waals surface area contributed by atoms with E-state index in [1.54, 1.807) is 0 Å². The van der Waals surface area contributed by atoms with Gasteiger partial charge < -0.3 is 14.2 Å². The van der Waals surface area contributed by atoms with Crippen LogP contribution in [0.5, 0.6) is 0 Å². The fourth-order valence-corrected chi connectivity index (χ4v) is 4.49. The van der Waals surface area contributed by atoms with E-state index in [1.165, 1.54) is 24.0 Å². The topological polar surface area (TPSA) is 34.5 Å². The van der Waals surface area contributed by atoms with E-state index in [0.717, 1.165) is 10.6 Å². The Morgan fingerprint density at radius 1 is 1.26 bits per heavy atom. The Morgan fingerprint density at radius 2 is 1.94 bits per heavy atom. The molecule has 9 heteroatoms. The summed E-state index contributed by atoms with van der Waals surface area (Å²) in [6.07, 6.45) is -3.61. The van der Waals surface area contributed by atoms with E-state index < -0.39 is 35.2 Å². The van der Waals surface area contributed by atoms with E-state index in [9.17, 15) is 22.4 Å². The van der Waals surface area contributed by atoms with Crippen molar-refractivity contribution >= 4 is 17.5 Å². The molecule has 2 aromatic rings. The Morgan fingerprint density at radius 3 is 2.48 bits per heavy atom. The molecule has 1 aromatic heterocycles. The van der Waals surface area contributed by atoms with Crippen LogP contribution in [-0.2, 0) is 10.9 Å². The summed E-state index contributed by atoms with van der Waals surface area (Å²) in [7, 11) is 0. The van der Waals surface area contributed by atoms with Gasteiger partial charge in [0.25, 0.3) is 5.91 Å². The second kappa shape index (κ2) is 7.52. The first kappa shape index (κ1) is 22.1. The van der Waals surface area contributed by atoms with Gasteiger partial charge in [0.15, 0.2) is 0 Å². The minimum Gasteiger partial charge on any atom is -0.372 e. The Bertz CT molecular complexity index is 1040. The van der Waals surface area contributed by atoms with Crippen LogP contribution < -0.4 is 0 Å². The number of nitrogens with zero attached hydrogens (tertiary/aromatic N) is 2. The molecule has 31 heavy (non-hydrogen) atoms. The van der Waals surface area contributed by atoms with Crippen molar-refractivity contribution < 1.29 is 27.1 Å². The van der Waals surface area contributed by atoms with Gasteiger partial charge in [-0.1, -0.05) is 11.6 Å². The number of hydrogen-bond donors (Lipinski definition) is 0. The highest BCUT2D eigenvalue weighted by Crippen LogP contribution is 2.48. The van der Waals surface area contributed by atoms with Gasteiger partial charge in [-0.05, 0) is 57.4 Å². The van der Waals surface area contributed by atoms with Gasteiger partial charge in [-0.3, -0.25) is 4.79 Å². The maximum atomic E-state index is 14.9. The van der Waals surface area contributed by atoms with Gasteiger partial charge in [-0.25, -0.2) is 4.39 Å². The van der Waals surface area contributed by atoms with E-state index in [1.807, 2.05) is 13.8 Å². The number of halogens is 5. The quantitative estimate of drug-likeness (QED) is 0.540. The molecule has 0 bridgehead atoms. The first-order chi connectivity index (χ1) is 14.4. The fraction of sp³-hybridized carbons (Fsp3) is 0.500. The summed E-state index contributed by atoms with van der Waals surface area (Å²) >= 11 is 5.85. The van der Waals surface area contributed by atoms with E-state index >= 15 is 0 Å². The zero-order chi connectivity index (χ0) is 22.7. The third-order valence-corrected chi connectivity index (χ3v) is 5.98. The summed E-state index contributed by atoms with van der Waals surface area (Å²) in [5.41, 5.74) is -1.89. The van der Waals surface area contributed by atoms with Gasteiger partial charge in [0, 0.05) is 35.3 Å². The third-order valence-electron chi connectivity index (χ3n) is 5.75. The normalized spacial score (nSPS) is 19.0. The molecule has 168 valence electrons. The highest BCUT2D eigenvalue weighted by atomic mass is 35.5. The number of carbonyl (C=O) groups is 1. The van der Waals surface area contributed by atoms with Gasteiger partial charge in [0.2, 0.25) is 0 Å². The molecule has 0 spiro atoms. The summed E-state index contributed by atoms with van der Waals surface area (Å²) < 4.78 is 64.0. The molecule has 4 nitrogen and oxygen atoms in total. The maximum Gasteiger partial charge on any atom is 0.431 e. The lowest BCUT2D eigenvalue weighted by Crippen LogP contribution is -2.51. The van der Waals surface area contributed by atoms with Crippen LogP contribution in [0.3, 0.4) is 0 Å². The van der Waals surface area contributed by atoms with Crippen molar-refractivity contribution in [3.8, 4) is 11.1 Å². The van der Waals surface area contributed by atoms with E-state index in [2.05, 4.69) is 0 Å². The van der Waals surface area contributed by atoms with Crippen molar-refractivity contribution in [1.82, 2.24) is 9.47 Å². The molecule has 0 unspecified atom stereocenters. The fourth-order valence-electron chi connectivity index (χ4n) is 4.33. The van der Waals surface area contributed by atoms with Crippen LogP contribution in [0.2, 0.25) is 5.02 Å². The summed E-state index contributed by atoms with van der Waals surface area (Å²) in [6, 6.07) is 3.35. The van der Waals surface area contributed by atoms with Crippen LogP contribution in [0.1, 0.15) is 54.5 Å². The molecule has 1 saturated heterocycles. The monoisotopic (exact) mass is 458 g/mol. The molecular formula is C22H23ClF4N2O2. The molecule has 0 radical (unpaired) electrons. The highest BCUT2D eigenvalue weighted by molar-refractivity contribution is 6.30. The number of morpholine rings is 1. The van der Waals surface area contributed by atoms with Gasteiger partial charge in [-0.15, -0.1) is 0 Å². The van der Waals surface area contributed by atoms with Crippen molar-refractivity contribution in [2.24, 2.45) is 0 Å². The lowest BCUT2D eigenvalue weighted by atomic mass is 9.99. The van der Waals surface area contributed by atoms with Crippen molar-refractivity contribution in [1.29, 1.82) is 0 Å². The number of carbonyl (C=O) groups excluding carboxylic acids is 1. The Hall–Kier alpha value is -2.06. The predicted molar refractivity (Wildman–Crippen MR) is 109 cm³/mol. The molecule has 2 aliphatic rings. The van der Waals surface area contributed by atoms with Crippen LogP contribution in [0, 0.1) is 12.7 Å². The summed E-state index contributed by atoms with van der Waals surface area (Å²) in [4.78, 5) is 15.1. The molecule has 0 atom stereocenters. The second-order valence-electron chi connectivity index (χ2n) is 8.76. The molecular weight excluding hydrogens is 436 g/mol. The molecule has 2 heterocycles. The number of alkyl halides is 3. The molecule has 1 aliphatic carbocycles. The predicted octanol–water partition coefficient (Wildman–Crippen LogP) is 5.86. The van der Waals surface area contributed by atoms with Crippen LogP contribution in [-0.4, -0.2) is 40.7 Å². The molecule has 1 saturated carbocycles. The molecule has 4 rings (SSSR count). The summed E-state index contributed by atoms with van der Waals surface area (Å²) in [5, 5.41) is 0.124. The average Bonchev–Trinajstić information content (AvgIpc) is 3.43. The van der Waals surface area contributed by atoms with Crippen molar-refractivity contribution in [3.63, 3.8) is 0 Å².